The van der Waals surface area contributed by atoms with Gasteiger partial charge in [-0.1, -0.05) is 0 Å². The van der Waals surface area contributed by atoms with Gasteiger partial charge in [-0.3, -0.25) is 0 Å². The van der Waals surface area contributed by atoms with Crippen LogP contribution in [0, 0.1) is 0 Å². The van der Waals surface area contributed by atoms with Crippen LogP contribution in [0.15, 0.2) is 53.4 Å². The highest BCUT2D eigenvalue weighted by Crippen LogP contribution is 2.22. The summed E-state index contributed by atoms with van der Waals surface area (Å²) in [5.74, 6) is 2.28. The zero-order valence-electron chi connectivity index (χ0n) is 12.4. The Morgan fingerprint density at radius 1 is 0.955 bits per heavy atom. The third-order valence-corrected chi connectivity index (χ3v) is 4.01. The summed E-state index contributed by atoms with van der Waals surface area (Å²) in [6.45, 7) is 2.80. The molecule has 0 bridgehead atoms. The van der Waals surface area contributed by atoms with Gasteiger partial charge in [0.25, 0.3) is 0 Å². The van der Waals surface area contributed by atoms with Gasteiger partial charge in [0.05, 0.1) is 12.7 Å². The molecule has 0 aliphatic carbocycles. The van der Waals surface area contributed by atoms with Crippen LogP contribution < -0.4 is 9.47 Å². The second-order valence-electron chi connectivity index (χ2n) is 4.67. The molecule has 2 aromatic rings. The average molecular weight is 320 g/mol. The molecule has 0 saturated carbocycles. The van der Waals surface area contributed by atoms with Crippen molar-refractivity contribution in [2.45, 2.75) is 17.9 Å². The molecule has 0 spiro atoms. The molecule has 1 unspecified atom stereocenters. The Labute approximate surface area is 134 Å². The van der Waals surface area contributed by atoms with Gasteiger partial charge in [0, 0.05) is 10.6 Å². The Hall–Kier alpha value is -1.85. The van der Waals surface area contributed by atoms with Crippen molar-refractivity contribution >= 4 is 11.8 Å². The van der Waals surface area contributed by atoms with Crippen LogP contribution in [-0.2, 0) is 0 Å². The molecule has 0 saturated heterocycles. The van der Waals surface area contributed by atoms with E-state index in [9.17, 15) is 10.2 Å². The first-order chi connectivity index (χ1) is 10.7. The number of ether oxygens (including phenoxy) is 2. The zero-order valence-corrected chi connectivity index (χ0v) is 13.3. The molecule has 0 aliphatic rings. The first-order valence-corrected chi connectivity index (χ1v) is 8.11. The number of hydrogen-bond donors (Lipinski definition) is 2. The number of thioether (sulfide) groups is 1. The Bertz CT molecular complexity index is 554. The summed E-state index contributed by atoms with van der Waals surface area (Å²) in [6, 6.07) is 14.2. The van der Waals surface area contributed by atoms with Crippen molar-refractivity contribution in [1.29, 1.82) is 0 Å². The van der Waals surface area contributed by atoms with Crippen molar-refractivity contribution in [2.75, 3.05) is 19.0 Å². The van der Waals surface area contributed by atoms with Gasteiger partial charge in [-0.25, -0.2) is 0 Å². The first kappa shape index (κ1) is 16.5. The Kier molecular flexibility index (Phi) is 6.43. The maximum atomic E-state index is 9.95. The molecular formula is C17H20O4S. The van der Waals surface area contributed by atoms with Crippen molar-refractivity contribution < 1.29 is 19.7 Å². The lowest BCUT2D eigenvalue weighted by Gasteiger charge is -2.12. The van der Waals surface area contributed by atoms with Crippen molar-refractivity contribution in [2.24, 2.45) is 0 Å². The minimum atomic E-state index is -0.564. The average Bonchev–Trinajstić information content (AvgIpc) is 2.54. The second kappa shape index (κ2) is 8.56. The summed E-state index contributed by atoms with van der Waals surface area (Å²) in [7, 11) is 0. The number of rotatable bonds is 8. The van der Waals surface area contributed by atoms with Gasteiger partial charge in [-0.2, -0.15) is 0 Å². The summed E-state index contributed by atoms with van der Waals surface area (Å²) in [5, 5.41) is 19.2. The fraction of sp³-hybridized carbons (Fsp3) is 0.294. The molecule has 2 aromatic carbocycles. The molecule has 0 radical (unpaired) electrons. The molecular weight excluding hydrogens is 300 g/mol. The van der Waals surface area contributed by atoms with E-state index in [1.54, 1.807) is 12.1 Å². The number of aliphatic hydroxyl groups excluding tert-OH is 1. The molecule has 0 aliphatic heterocycles. The van der Waals surface area contributed by atoms with Gasteiger partial charge in [0.1, 0.15) is 23.9 Å². The highest BCUT2D eigenvalue weighted by Gasteiger charge is 2.07. The maximum Gasteiger partial charge on any atom is 0.119 e. The monoisotopic (exact) mass is 320 g/mol. The number of phenolic OH excluding ortho intramolecular Hbond substituents is 1. The van der Waals surface area contributed by atoms with Crippen LogP contribution in [0.1, 0.15) is 6.92 Å². The third-order valence-electron chi connectivity index (χ3n) is 2.86. The summed E-state index contributed by atoms with van der Waals surface area (Å²) in [4.78, 5) is 0.998. The van der Waals surface area contributed by atoms with Gasteiger partial charge in [-0.05, 0) is 55.5 Å². The summed E-state index contributed by atoms with van der Waals surface area (Å²) in [6.07, 6.45) is -0.564. The fourth-order valence-electron chi connectivity index (χ4n) is 1.77. The number of hydrogen-bond acceptors (Lipinski definition) is 5. The van der Waals surface area contributed by atoms with Crippen LogP contribution in [-0.4, -0.2) is 35.3 Å². The SMILES string of the molecule is CCOc1ccc(OCC(O)CSc2ccc(O)cc2)cc1. The zero-order chi connectivity index (χ0) is 15.8. The molecule has 1 atom stereocenters. The van der Waals surface area contributed by atoms with E-state index >= 15 is 0 Å². The number of aliphatic hydroxyl groups is 1. The van der Waals surface area contributed by atoms with E-state index in [-0.39, 0.29) is 12.4 Å². The molecule has 0 heterocycles. The molecule has 5 heteroatoms. The topological polar surface area (TPSA) is 58.9 Å². The van der Waals surface area contributed by atoms with Crippen molar-refractivity contribution in [3.05, 3.63) is 48.5 Å². The van der Waals surface area contributed by atoms with Gasteiger partial charge in [0.2, 0.25) is 0 Å². The molecule has 22 heavy (non-hydrogen) atoms. The van der Waals surface area contributed by atoms with Gasteiger partial charge in [-0.15, -0.1) is 11.8 Å². The van der Waals surface area contributed by atoms with Crippen LogP contribution in [0.25, 0.3) is 0 Å². The van der Waals surface area contributed by atoms with Crippen LogP contribution >= 0.6 is 11.8 Å². The van der Waals surface area contributed by atoms with Crippen LogP contribution in [0.3, 0.4) is 0 Å². The smallest absolute Gasteiger partial charge is 0.119 e. The fourth-order valence-corrected chi connectivity index (χ4v) is 2.58. The van der Waals surface area contributed by atoms with E-state index in [0.29, 0.717) is 18.1 Å². The van der Waals surface area contributed by atoms with E-state index < -0.39 is 6.10 Å². The lowest BCUT2D eigenvalue weighted by Crippen LogP contribution is -2.20. The lowest BCUT2D eigenvalue weighted by atomic mass is 10.3. The summed E-state index contributed by atoms with van der Waals surface area (Å²) in [5.41, 5.74) is 0. The number of benzene rings is 2. The second-order valence-corrected chi connectivity index (χ2v) is 5.77. The predicted octanol–water partition coefficient (Wildman–Crippen LogP) is 3.32. The van der Waals surface area contributed by atoms with E-state index in [0.717, 1.165) is 10.6 Å². The molecule has 0 fully saturated rings. The largest absolute Gasteiger partial charge is 0.508 e. The highest BCUT2D eigenvalue weighted by atomic mass is 32.2. The molecule has 2 N–H and O–H groups in total. The minimum absolute atomic E-state index is 0.235. The molecule has 118 valence electrons. The van der Waals surface area contributed by atoms with E-state index in [1.165, 1.54) is 11.8 Å². The third kappa shape index (κ3) is 5.50. The van der Waals surface area contributed by atoms with Crippen molar-refractivity contribution in [3.8, 4) is 17.2 Å². The molecule has 2 rings (SSSR count). The Balaban J connectivity index is 1.72. The molecule has 0 aromatic heterocycles. The maximum absolute atomic E-state index is 9.95. The van der Waals surface area contributed by atoms with Gasteiger partial charge in [0.15, 0.2) is 0 Å². The van der Waals surface area contributed by atoms with E-state index in [4.69, 9.17) is 9.47 Å². The Morgan fingerprint density at radius 3 is 2.14 bits per heavy atom. The van der Waals surface area contributed by atoms with Crippen LogP contribution in [0.5, 0.6) is 17.2 Å². The number of phenols is 1. The van der Waals surface area contributed by atoms with E-state index in [2.05, 4.69) is 0 Å². The predicted molar refractivity (Wildman–Crippen MR) is 87.9 cm³/mol. The van der Waals surface area contributed by atoms with Crippen molar-refractivity contribution in [1.82, 2.24) is 0 Å². The Morgan fingerprint density at radius 2 is 1.55 bits per heavy atom. The standard InChI is InChI=1S/C17H20O4S/c1-2-20-15-5-7-16(8-6-15)21-11-14(19)12-22-17-9-3-13(18)4-10-17/h3-10,14,18-19H,2,11-12H2,1H3. The highest BCUT2D eigenvalue weighted by molar-refractivity contribution is 7.99. The molecule has 4 nitrogen and oxygen atoms in total. The van der Waals surface area contributed by atoms with Crippen LogP contribution in [0.4, 0.5) is 0 Å². The van der Waals surface area contributed by atoms with E-state index in [1.807, 2.05) is 43.3 Å². The number of aromatic hydroxyl groups is 1. The first-order valence-electron chi connectivity index (χ1n) is 7.13. The quantitative estimate of drug-likeness (QED) is 0.731. The van der Waals surface area contributed by atoms with Gasteiger partial charge >= 0.3 is 0 Å². The van der Waals surface area contributed by atoms with Gasteiger partial charge < -0.3 is 19.7 Å². The summed E-state index contributed by atoms with van der Waals surface area (Å²) < 4.78 is 10.9. The normalized spacial score (nSPS) is 11.9. The molecule has 0 amide bonds. The minimum Gasteiger partial charge on any atom is -0.508 e. The van der Waals surface area contributed by atoms with Crippen molar-refractivity contribution in [3.63, 3.8) is 0 Å². The lowest BCUT2D eigenvalue weighted by molar-refractivity contribution is 0.126. The summed E-state index contributed by atoms with van der Waals surface area (Å²) >= 11 is 1.52. The van der Waals surface area contributed by atoms with Crippen LogP contribution in [0.2, 0.25) is 0 Å².